The van der Waals surface area contributed by atoms with Crippen LogP contribution in [0.3, 0.4) is 0 Å². The smallest absolute Gasteiger partial charge is 0.229 e. The van der Waals surface area contributed by atoms with E-state index in [1.54, 1.807) is 6.07 Å². The summed E-state index contributed by atoms with van der Waals surface area (Å²) in [6.07, 6.45) is -16.4. The van der Waals surface area contributed by atoms with Crippen molar-refractivity contribution in [2.45, 2.75) is 80.9 Å². The maximum Gasteiger partial charge on any atom is 0.229 e. The molecule has 236 valence electrons. The van der Waals surface area contributed by atoms with Crippen LogP contribution < -0.4 is 14.2 Å². The van der Waals surface area contributed by atoms with Gasteiger partial charge in [-0.05, 0) is 19.1 Å². The summed E-state index contributed by atoms with van der Waals surface area (Å²) in [4.78, 5) is 13.0. The number of hydrogen-bond acceptors (Lipinski definition) is 15. The van der Waals surface area contributed by atoms with Crippen LogP contribution in [-0.2, 0) is 14.2 Å². The number of benzene rings is 2. The Kier molecular flexibility index (Phi) is 8.99. The minimum absolute atomic E-state index is 0.0666. The number of rotatable bonds is 7. The summed E-state index contributed by atoms with van der Waals surface area (Å²) in [5, 5.41) is 82.4. The van der Waals surface area contributed by atoms with Crippen molar-refractivity contribution in [2.24, 2.45) is 0 Å². The Morgan fingerprint density at radius 1 is 0.860 bits per heavy atom. The lowest BCUT2D eigenvalue weighted by Crippen LogP contribution is -2.64. The topological polar surface area (TPSA) is 234 Å². The molecule has 0 radical (unpaired) electrons. The van der Waals surface area contributed by atoms with Crippen molar-refractivity contribution in [3.63, 3.8) is 0 Å². The third-order valence-electron chi connectivity index (χ3n) is 7.67. The van der Waals surface area contributed by atoms with Gasteiger partial charge in [-0.15, -0.1) is 0 Å². The van der Waals surface area contributed by atoms with Gasteiger partial charge in [0.05, 0.1) is 26.2 Å². The highest BCUT2D eigenvalue weighted by Gasteiger charge is 2.51. The van der Waals surface area contributed by atoms with Crippen molar-refractivity contribution in [3.05, 3.63) is 41.5 Å². The van der Waals surface area contributed by atoms with Gasteiger partial charge < -0.3 is 69.3 Å². The maximum atomic E-state index is 13.0. The predicted octanol–water partition coefficient (Wildman–Crippen LogP) is -1.16. The van der Waals surface area contributed by atoms with Crippen LogP contribution in [0.15, 0.2) is 30.3 Å². The Morgan fingerprint density at radius 2 is 1.60 bits per heavy atom. The summed E-state index contributed by atoms with van der Waals surface area (Å²) in [6, 6.07) is 6.75. The van der Waals surface area contributed by atoms with Gasteiger partial charge in [0, 0.05) is 23.8 Å². The maximum absolute atomic E-state index is 13.0. The molecular weight excluding hydrogens is 576 g/mol. The molecule has 0 spiro atoms. The molecule has 15 heteroatoms. The van der Waals surface area contributed by atoms with E-state index in [4.69, 9.17) is 28.4 Å². The van der Waals surface area contributed by atoms with E-state index < -0.39 is 85.7 Å². The van der Waals surface area contributed by atoms with Crippen molar-refractivity contribution in [2.75, 3.05) is 13.7 Å². The molecule has 3 aliphatic heterocycles. The van der Waals surface area contributed by atoms with Gasteiger partial charge in [-0.25, -0.2) is 0 Å². The molecular formula is C28H34O15. The molecule has 8 N–H and O–H groups in total. The summed E-state index contributed by atoms with van der Waals surface area (Å²) < 4.78 is 33.8. The number of hydrogen-bond donors (Lipinski definition) is 8. The van der Waals surface area contributed by atoms with E-state index in [0.29, 0.717) is 11.3 Å². The number of aliphatic hydroxyl groups is 6. The molecule has 0 aliphatic carbocycles. The summed E-state index contributed by atoms with van der Waals surface area (Å²) in [5.74, 6) is -0.924. The molecule has 0 amide bonds. The molecule has 0 unspecified atom stereocenters. The fraction of sp³-hybridized carbons (Fsp3) is 0.536. The van der Waals surface area contributed by atoms with Gasteiger partial charge in [0.2, 0.25) is 6.29 Å². The van der Waals surface area contributed by atoms with Gasteiger partial charge >= 0.3 is 0 Å². The molecule has 0 aromatic heterocycles. The van der Waals surface area contributed by atoms with E-state index in [2.05, 4.69) is 0 Å². The SMILES string of the molecule is COc1cc(O)cc([C@@H]2CC(=O)c3c(O)cc(O[C@H]4O[C@@H](CO)[C@H](O)[C@@H](O)[C@@H]4O[C@@H]4O[C@H](C)[C@H](O)[C@H](O)[C@@H]4O)cc3O2)c1. The Hall–Kier alpha value is -3.25. The molecule has 2 fully saturated rings. The highest BCUT2D eigenvalue weighted by atomic mass is 16.8. The van der Waals surface area contributed by atoms with Gasteiger partial charge in [-0.2, -0.15) is 0 Å². The molecule has 3 heterocycles. The summed E-state index contributed by atoms with van der Waals surface area (Å²) in [5.41, 5.74) is 0.318. The second kappa shape index (κ2) is 12.4. The normalized spacial score (nSPS) is 36.0. The minimum Gasteiger partial charge on any atom is -0.508 e. The number of methoxy groups -OCH3 is 1. The fourth-order valence-corrected chi connectivity index (χ4v) is 5.29. The van der Waals surface area contributed by atoms with E-state index >= 15 is 0 Å². The number of fused-ring (bicyclic) bond motifs is 1. The van der Waals surface area contributed by atoms with Crippen molar-refractivity contribution in [1.82, 2.24) is 0 Å². The predicted molar refractivity (Wildman–Crippen MR) is 141 cm³/mol. The van der Waals surface area contributed by atoms with E-state index in [1.165, 1.54) is 32.2 Å². The zero-order chi connectivity index (χ0) is 31.2. The Bertz CT molecular complexity index is 1320. The minimum atomic E-state index is -1.76. The lowest BCUT2D eigenvalue weighted by atomic mass is 9.95. The molecule has 11 atom stereocenters. The third kappa shape index (κ3) is 6.08. The summed E-state index contributed by atoms with van der Waals surface area (Å²) >= 11 is 0. The lowest BCUT2D eigenvalue weighted by molar-refractivity contribution is -0.354. The van der Waals surface area contributed by atoms with Gasteiger partial charge in [0.1, 0.15) is 77.0 Å². The number of phenols is 2. The number of phenolic OH excluding ortho intramolecular Hbond substituents is 2. The van der Waals surface area contributed by atoms with Crippen LogP contribution in [0.25, 0.3) is 0 Å². The molecule has 5 rings (SSSR count). The molecule has 3 aliphatic rings. The van der Waals surface area contributed by atoms with Gasteiger partial charge in [0.25, 0.3) is 0 Å². The van der Waals surface area contributed by atoms with Crippen LogP contribution in [0.4, 0.5) is 0 Å². The van der Waals surface area contributed by atoms with Gasteiger partial charge in [-0.1, -0.05) is 0 Å². The van der Waals surface area contributed by atoms with Crippen molar-refractivity contribution in [3.8, 4) is 28.7 Å². The number of carbonyl (C=O) groups is 1. The lowest BCUT2D eigenvalue weighted by Gasteiger charge is -2.45. The van der Waals surface area contributed by atoms with Gasteiger partial charge in [-0.3, -0.25) is 4.79 Å². The summed E-state index contributed by atoms with van der Waals surface area (Å²) in [6.45, 7) is 0.698. The van der Waals surface area contributed by atoms with Crippen LogP contribution in [0.1, 0.15) is 35.4 Å². The fourth-order valence-electron chi connectivity index (χ4n) is 5.29. The van der Waals surface area contributed by atoms with Gasteiger partial charge in [0.15, 0.2) is 18.2 Å². The van der Waals surface area contributed by atoms with Crippen LogP contribution in [-0.4, -0.2) is 122 Å². The Morgan fingerprint density at radius 3 is 2.30 bits per heavy atom. The summed E-state index contributed by atoms with van der Waals surface area (Å²) in [7, 11) is 1.41. The highest BCUT2D eigenvalue weighted by molar-refractivity contribution is 6.02. The first-order valence-corrected chi connectivity index (χ1v) is 13.5. The second-order valence-electron chi connectivity index (χ2n) is 10.6. The van der Waals surface area contributed by atoms with Crippen LogP contribution >= 0.6 is 0 Å². The first-order chi connectivity index (χ1) is 20.4. The highest BCUT2D eigenvalue weighted by Crippen LogP contribution is 2.43. The Labute approximate surface area is 245 Å². The van der Waals surface area contributed by atoms with Crippen molar-refractivity contribution >= 4 is 5.78 Å². The van der Waals surface area contributed by atoms with Crippen LogP contribution in [0, 0.1) is 0 Å². The first kappa shape index (κ1) is 31.2. The standard InChI is InChI=1S/C28H34O15/c1-10-21(33)23(35)25(37)27(39-10)43-26-24(36)22(34)19(9-29)42-28(26)40-14-6-15(31)20-16(32)8-17(41-18(20)7-14)11-3-12(30)5-13(4-11)38-2/h3-7,10,17,19,21-31,33-37H,8-9H2,1-2H3/t10-,17+,19+,21+,22+,23+,24-,25+,26+,27+,28+/m1/s1. The number of aromatic hydroxyl groups is 2. The van der Waals surface area contributed by atoms with Crippen molar-refractivity contribution in [1.29, 1.82) is 0 Å². The zero-order valence-corrected chi connectivity index (χ0v) is 23.1. The van der Waals surface area contributed by atoms with E-state index in [1.807, 2.05) is 0 Å². The zero-order valence-electron chi connectivity index (χ0n) is 23.1. The Balaban J connectivity index is 1.42. The monoisotopic (exact) mass is 610 g/mol. The van der Waals surface area contributed by atoms with E-state index in [-0.39, 0.29) is 29.2 Å². The molecule has 0 saturated carbocycles. The quantitative estimate of drug-likeness (QED) is 0.185. The van der Waals surface area contributed by atoms with Crippen LogP contribution in [0.5, 0.6) is 28.7 Å². The molecule has 15 nitrogen and oxygen atoms in total. The van der Waals surface area contributed by atoms with E-state index in [0.717, 1.165) is 6.07 Å². The average molecular weight is 611 g/mol. The largest absolute Gasteiger partial charge is 0.508 e. The number of Topliss-reactive ketones (excluding diaryl/α,β-unsaturated/α-hetero) is 1. The number of ketones is 1. The first-order valence-electron chi connectivity index (χ1n) is 13.5. The van der Waals surface area contributed by atoms with Crippen LogP contribution in [0.2, 0.25) is 0 Å². The van der Waals surface area contributed by atoms with Crippen molar-refractivity contribution < 1.29 is 74.1 Å². The molecule has 43 heavy (non-hydrogen) atoms. The third-order valence-corrected chi connectivity index (χ3v) is 7.67. The molecule has 0 bridgehead atoms. The molecule has 2 aromatic carbocycles. The van der Waals surface area contributed by atoms with E-state index in [9.17, 15) is 45.6 Å². The molecule has 2 aromatic rings. The second-order valence-corrected chi connectivity index (χ2v) is 10.6. The number of ether oxygens (including phenoxy) is 6. The number of aliphatic hydroxyl groups excluding tert-OH is 6. The number of carbonyl (C=O) groups excluding carboxylic acids is 1. The molecule has 2 saturated heterocycles. The average Bonchev–Trinajstić information content (AvgIpc) is 2.97.